The zero-order valence-corrected chi connectivity index (χ0v) is 15.8. The van der Waals surface area contributed by atoms with Gasteiger partial charge in [0.1, 0.15) is 6.04 Å². The maximum Gasteiger partial charge on any atom is 0.241 e. The van der Waals surface area contributed by atoms with E-state index in [-0.39, 0.29) is 5.91 Å². The first kappa shape index (κ1) is 19.9. The van der Waals surface area contributed by atoms with Gasteiger partial charge in [-0.2, -0.15) is 0 Å². The molecule has 3 N–H and O–H groups in total. The summed E-state index contributed by atoms with van der Waals surface area (Å²) in [5.41, 5.74) is 8.17. The molecule has 1 amide bonds. The minimum atomic E-state index is -0.618. The van der Waals surface area contributed by atoms with Crippen molar-refractivity contribution < 1.29 is 9.53 Å². The van der Waals surface area contributed by atoms with Crippen LogP contribution >= 0.6 is 0 Å². The van der Waals surface area contributed by atoms with Crippen molar-refractivity contribution >= 4 is 5.91 Å². The van der Waals surface area contributed by atoms with Gasteiger partial charge in [0.2, 0.25) is 5.91 Å². The van der Waals surface area contributed by atoms with Crippen LogP contribution < -0.4 is 11.1 Å². The van der Waals surface area contributed by atoms with E-state index in [2.05, 4.69) is 24.1 Å². The number of hydrogen-bond donors (Lipinski definition) is 2. The Bertz CT molecular complexity index is 522. The van der Waals surface area contributed by atoms with Crippen molar-refractivity contribution in [1.29, 1.82) is 0 Å². The third kappa shape index (κ3) is 5.53. The zero-order valence-electron chi connectivity index (χ0n) is 15.8. The van der Waals surface area contributed by atoms with Crippen molar-refractivity contribution in [2.75, 3.05) is 32.8 Å². The lowest BCUT2D eigenvalue weighted by Crippen LogP contribution is -2.52. The van der Waals surface area contributed by atoms with Gasteiger partial charge in [0.25, 0.3) is 0 Å². The second-order valence-corrected chi connectivity index (χ2v) is 6.93. The highest BCUT2D eigenvalue weighted by molar-refractivity contribution is 5.82. The summed E-state index contributed by atoms with van der Waals surface area (Å²) < 4.78 is 5.48. The molecular weight excluding hydrogens is 314 g/mol. The molecule has 140 valence electrons. The van der Waals surface area contributed by atoms with Crippen LogP contribution in [-0.2, 0) is 9.53 Å². The van der Waals surface area contributed by atoms with Crippen LogP contribution in [0.1, 0.15) is 43.9 Å². The molecule has 0 aromatic heterocycles. The molecular formula is C20H33N3O2. The maximum atomic E-state index is 12.5. The van der Waals surface area contributed by atoms with Crippen molar-refractivity contribution in [3.8, 4) is 0 Å². The number of morpholine rings is 1. The van der Waals surface area contributed by atoms with E-state index < -0.39 is 6.04 Å². The van der Waals surface area contributed by atoms with E-state index in [9.17, 15) is 4.79 Å². The molecule has 5 nitrogen and oxygen atoms in total. The highest BCUT2D eigenvalue weighted by Crippen LogP contribution is 2.20. The van der Waals surface area contributed by atoms with E-state index in [4.69, 9.17) is 10.5 Å². The van der Waals surface area contributed by atoms with Crippen LogP contribution in [0.4, 0.5) is 0 Å². The topological polar surface area (TPSA) is 67.6 Å². The standard InChI is InChI=1S/C20H33N3O2/c1-4-16(5-2)18(23-10-12-25-13-11-23)14-22-20(24)19(21)17-8-6-15(3)7-9-17/h6-9,16,18-19H,4-5,10-14,21H2,1-3H3,(H,22,24). The summed E-state index contributed by atoms with van der Waals surface area (Å²) >= 11 is 0. The van der Waals surface area contributed by atoms with Crippen molar-refractivity contribution in [2.24, 2.45) is 11.7 Å². The molecule has 1 aliphatic heterocycles. The third-order valence-corrected chi connectivity index (χ3v) is 5.31. The van der Waals surface area contributed by atoms with E-state index in [1.165, 1.54) is 0 Å². The monoisotopic (exact) mass is 347 g/mol. The highest BCUT2D eigenvalue weighted by atomic mass is 16.5. The Morgan fingerprint density at radius 1 is 1.20 bits per heavy atom. The molecule has 1 fully saturated rings. The number of nitrogens with two attached hydrogens (primary N) is 1. The molecule has 0 spiro atoms. The summed E-state index contributed by atoms with van der Waals surface area (Å²) in [6, 6.07) is 7.56. The lowest BCUT2D eigenvalue weighted by Gasteiger charge is -2.39. The van der Waals surface area contributed by atoms with Gasteiger partial charge in [0, 0.05) is 25.7 Å². The molecule has 0 saturated carbocycles. The fraction of sp³-hybridized carbons (Fsp3) is 0.650. The fourth-order valence-corrected chi connectivity index (χ4v) is 3.58. The van der Waals surface area contributed by atoms with Gasteiger partial charge in [-0.05, 0) is 18.4 Å². The van der Waals surface area contributed by atoms with Crippen LogP contribution in [0.25, 0.3) is 0 Å². The molecule has 0 aliphatic carbocycles. The average molecular weight is 348 g/mol. The van der Waals surface area contributed by atoms with Gasteiger partial charge in [-0.15, -0.1) is 0 Å². The minimum absolute atomic E-state index is 0.104. The Hall–Kier alpha value is -1.43. The van der Waals surface area contributed by atoms with Crippen molar-refractivity contribution in [3.05, 3.63) is 35.4 Å². The number of benzene rings is 1. The SMILES string of the molecule is CCC(CC)C(CNC(=O)C(N)c1ccc(C)cc1)N1CCOCC1. The van der Waals surface area contributed by atoms with Gasteiger partial charge < -0.3 is 15.8 Å². The quantitative estimate of drug-likeness (QED) is 0.757. The molecule has 2 unspecified atom stereocenters. The van der Waals surface area contributed by atoms with E-state index in [1.54, 1.807) is 0 Å². The Morgan fingerprint density at radius 2 is 1.80 bits per heavy atom. The highest BCUT2D eigenvalue weighted by Gasteiger charge is 2.28. The van der Waals surface area contributed by atoms with E-state index in [1.807, 2.05) is 31.2 Å². The van der Waals surface area contributed by atoms with Gasteiger partial charge in [0.15, 0.2) is 0 Å². The van der Waals surface area contributed by atoms with Crippen LogP contribution in [0.3, 0.4) is 0 Å². The molecule has 2 rings (SSSR count). The number of hydrogen-bond acceptors (Lipinski definition) is 4. The fourth-order valence-electron chi connectivity index (χ4n) is 3.58. The Balaban J connectivity index is 1.98. The largest absolute Gasteiger partial charge is 0.379 e. The van der Waals surface area contributed by atoms with E-state index >= 15 is 0 Å². The molecule has 0 bridgehead atoms. The summed E-state index contributed by atoms with van der Waals surface area (Å²) in [5.74, 6) is 0.460. The third-order valence-electron chi connectivity index (χ3n) is 5.31. The molecule has 2 atom stereocenters. The summed E-state index contributed by atoms with van der Waals surface area (Å²) in [6.45, 7) is 10.5. The summed E-state index contributed by atoms with van der Waals surface area (Å²) in [5, 5.41) is 3.10. The Morgan fingerprint density at radius 3 is 2.36 bits per heavy atom. The first-order chi connectivity index (χ1) is 12.1. The van der Waals surface area contributed by atoms with Crippen LogP contribution in [0.5, 0.6) is 0 Å². The summed E-state index contributed by atoms with van der Waals surface area (Å²) in [4.78, 5) is 15.0. The predicted molar refractivity (Wildman–Crippen MR) is 101 cm³/mol. The molecule has 1 aromatic carbocycles. The van der Waals surface area contributed by atoms with Crippen molar-refractivity contribution in [2.45, 2.75) is 45.7 Å². The number of amides is 1. The van der Waals surface area contributed by atoms with E-state index in [0.29, 0.717) is 18.5 Å². The van der Waals surface area contributed by atoms with Gasteiger partial charge in [0.05, 0.1) is 13.2 Å². The predicted octanol–water partition coefficient (Wildman–Crippen LogP) is 2.25. The van der Waals surface area contributed by atoms with Gasteiger partial charge >= 0.3 is 0 Å². The minimum Gasteiger partial charge on any atom is -0.379 e. The van der Waals surface area contributed by atoms with Crippen molar-refractivity contribution in [1.82, 2.24) is 10.2 Å². The van der Waals surface area contributed by atoms with E-state index in [0.717, 1.165) is 50.3 Å². The second-order valence-electron chi connectivity index (χ2n) is 6.93. The normalized spacial score (nSPS) is 18.1. The number of rotatable bonds is 8. The molecule has 1 heterocycles. The lowest BCUT2D eigenvalue weighted by molar-refractivity contribution is -0.123. The first-order valence-electron chi connectivity index (χ1n) is 9.48. The van der Waals surface area contributed by atoms with Crippen LogP contribution in [0.2, 0.25) is 0 Å². The van der Waals surface area contributed by atoms with Gasteiger partial charge in [-0.1, -0.05) is 56.5 Å². The number of carbonyl (C=O) groups is 1. The maximum absolute atomic E-state index is 12.5. The summed E-state index contributed by atoms with van der Waals surface area (Å²) in [6.07, 6.45) is 2.22. The number of carbonyl (C=O) groups excluding carboxylic acids is 1. The first-order valence-corrected chi connectivity index (χ1v) is 9.48. The number of nitrogens with one attached hydrogen (secondary N) is 1. The molecule has 25 heavy (non-hydrogen) atoms. The smallest absolute Gasteiger partial charge is 0.241 e. The Labute approximate surface area is 151 Å². The number of aryl methyl sites for hydroxylation is 1. The van der Waals surface area contributed by atoms with Crippen LogP contribution in [0, 0.1) is 12.8 Å². The second kappa shape index (κ2) is 9.90. The molecule has 1 aromatic rings. The Kier molecular flexibility index (Phi) is 7.88. The van der Waals surface area contributed by atoms with Crippen molar-refractivity contribution in [3.63, 3.8) is 0 Å². The molecule has 1 saturated heterocycles. The molecule has 1 aliphatic rings. The molecule has 5 heteroatoms. The van der Waals surface area contributed by atoms with Crippen LogP contribution in [0.15, 0.2) is 24.3 Å². The number of ether oxygens (including phenoxy) is 1. The van der Waals surface area contributed by atoms with Gasteiger partial charge in [-0.3, -0.25) is 9.69 Å². The van der Waals surface area contributed by atoms with Gasteiger partial charge in [-0.25, -0.2) is 0 Å². The zero-order chi connectivity index (χ0) is 18.2. The molecule has 0 radical (unpaired) electrons. The van der Waals surface area contributed by atoms with Crippen LogP contribution in [-0.4, -0.2) is 49.7 Å². The lowest BCUT2D eigenvalue weighted by atomic mass is 9.92. The summed E-state index contributed by atoms with van der Waals surface area (Å²) in [7, 11) is 0. The average Bonchev–Trinajstić information content (AvgIpc) is 2.65. The number of nitrogens with zero attached hydrogens (tertiary/aromatic N) is 1.